The molecule has 3 heterocycles. The third-order valence-corrected chi connectivity index (χ3v) is 4.03. The van der Waals surface area contributed by atoms with E-state index in [1.807, 2.05) is 30.3 Å². The summed E-state index contributed by atoms with van der Waals surface area (Å²) in [5, 5.41) is 15.2. The summed E-state index contributed by atoms with van der Waals surface area (Å²) in [6.07, 6.45) is 4.86. The van der Waals surface area contributed by atoms with Crippen LogP contribution in [0.3, 0.4) is 0 Å². The van der Waals surface area contributed by atoms with Gasteiger partial charge in [0, 0.05) is 12.6 Å². The van der Waals surface area contributed by atoms with Crippen LogP contribution >= 0.6 is 0 Å². The Hall–Kier alpha value is -3.16. The van der Waals surface area contributed by atoms with Crippen molar-refractivity contribution in [2.45, 2.75) is 18.9 Å². The second-order valence-electron chi connectivity index (χ2n) is 5.56. The Balaban J connectivity index is 1.47. The van der Waals surface area contributed by atoms with Gasteiger partial charge in [0.2, 0.25) is 0 Å². The van der Waals surface area contributed by atoms with Crippen molar-refractivity contribution < 1.29 is 9.32 Å². The van der Waals surface area contributed by atoms with Gasteiger partial charge in [0.1, 0.15) is 12.0 Å². The van der Waals surface area contributed by atoms with E-state index >= 15 is 0 Å². The summed E-state index contributed by atoms with van der Waals surface area (Å²) in [6, 6.07) is 11.1. The summed E-state index contributed by atoms with van der Waals surface area (Å²) in [6.45, 7) is 0.677. The minimum Gasteiger partial charge on any atom is -0.364 e. The van der Waals surface area contributed by atoms with Crippen LogP contribution in [0.2, 0.25) is 0 Å². The molecule has 0 saturated carbocycles. The minimum atomic E-state index is -0.208. The largest absolute Gasteiger partial charge is 0.364 e. The van der Waals surface area contributed by atoms with Gasteiger partial charge in [0.15, 0.2) is 5.82 Å². The Kier molecular flexibility index (Phi) is 3.70. The van der Waals surface area contributed by atoms with Gasteiger partial charge in [0.05, 0.1) is 17.9 Å². The lowest BCUT2D eigenvalue weighted by molar-refractivity contribution is 0.204. The maximum Gasteiger partial charge on any atom is 0.323 e. The Morgan fingerprint density at radius 3 is 2.92 bits per heavy atom. The first kappa shape index (κ1) is 14.4. The van der Waals surface area contributed by atoms with Crippen molar-refractivity contribution in [2.24, 2.45) is 0 Å². The molecule has 2 amide bonds. The van der Waals surface area contributed by atoms with Crippen molar-refractivity contribution in [3.05, 3.63) is 54.6 Å². The molecule has 122 valence electrons. The van der Waals surface area contributed by atoms with Crippen LogP contribution < -0.4 is 5.32 Å². The summed E-state index contributed by atoms with van der Waals surface area (Å²) in [7, 11) is 0. The lowest BCUT2D eigenvalue weighted by Crippen LogP contribution is -2.34. The van der Waals surface area contributed by atoms with Gasteiger partial charge >= 0.3 is 6.03 Å². The van der Waals surface area contributed by atoms with Crippen LogP contribution in [0.5, 0.6) is 0 Å². The van der Waals surface area contributed by atoms with Crippen LogP contribution in [0.15, 0.2) is 53.4 Å². The number of carbonyl (C=O) groups excluding carboxylic acids is 1. The molecule has 8 nitrogen and oxygen atoms in total. The van der Waals surface area contributed by atoms with E-state index in [-0.39, 0.29) is 12.1 Å². The van der Waals surface area contributed by atoms with Crippen molar-refractivity contribution in [3.63, 3.8) is 0 Å². The second-order valence-corrected chi connectivity index (χ2v) is 5.56. The van der Waals surface area contributed by atoms with Gasteiger partial charge in [-0.25, -0.2) is 4.79 Å². The average Bonchev–Trinajstić information content (AvgIpc) is 3.36. The Bertz CT molecular complexity index is 814. The molecule has 1 atom stereocenters. The zero-order valence-corrected chi connectivity index (χ0v) is 12.9. The minimum absolute atomic E-state index is 0.0621. The van der Waals surface area contributed by atoms with Gasteiger partial charge in [-0.3, -0.25) is 5.32 Å². The highest BCUT2D eigenvalue weighted by atomic mass is 16.5. The summed E-state index contributed by atoms with van der Waals surface area (Å²) in [4.78, 5) is 15.8. The number of para-hydroxylation sites is 1. The molecule has 24 heavy (non-hydrogen) atoms. The SMILES string of the molecule is O=C(Nc1cnn(-c2ccccc2)n1)N1CCC[C@@H]1c1ccon1. The number of nitrogens with one attached hydrogen (secondary N) is 1. The Morgan fingerprint density at radius 2 is 2.12 bits per heavy atom. The highest BCUT2D eigenvalue weighted by Crippen LogP contribution is 2.31. The van der Waals surface area contributed by atoms with E-state index in [2.05, 4.69) is 20.7 Å². The summed E-state index contributed by atoms with van der Waals surface area (Å²) < 4.78 is 4.89. The van der Waals surface area contributed by atoms with E-state index in [9.17, 15) is 4.79 Å². The molecule has 1 fully saturated rings. The zero-order chi connectivity index (χ0) is 16.4. The van der Waals surface area contributed by atoms with Crippen LogP contribution in [0, 0.1) is 0 Å². The molecule has 4 rings (SSSR count). The van der Waals surface area contributed by atoms with E-state index in [1.165, 1.54) is 17.3 Å². The van der Waals surface area contributed by atoms with E-state index in [4.69, 9.17) is 4.52 Å². The molecular weight excluding hydrogens is 308 g/mol. The van der Waals surface area contributed by atoms with Gasteiger partial charge < -0.3 is 9.42 Å². The summed E-state index contributed by atoms with van der Waals surface area (Å²) in [5.74, 6) is 0.412. The number of aromatic nitrogens is 4. The van der Waals surface area contributed by atoms with Gasteiger partial charge in [-0.05, 0) is 25.0 Å². The monoisotopic (exact) mass is 324 g/mol. The number of likely N-dealkylation sites (tertiary alicyclic amines) is 1. The third-order valence-electron chi connectivity index (χ3n) is 4.03. The van der Waals surface area contributed by atoms with Crippen molar-refractivity contribution in [1.29, 1.82) is 0 Å². The highest BCUT2D eigenvalue weighted by Gasteiger charge is 2.32. The average molecular weight is 324 g/mol. The first-order valence-corrected chi connectivity index (χ1v) is 7.77. The number of benzene rings is 1. The molecule has 0 aliphatic carbocycles. The van der Waals surface area contributed by atoms with Crippen molar-refractivity contribution in [1.82, 2.24) is 25.1 Å². The lowest BCUT2D eigenvalue weighted by Gasteiger charge is -2.22. The van der Waals surface area contributed by atoms with Gasteiger partial charge in [0.25, 0.3) is 0 Å². The number of carbonyl (C=O) groups is 1. The standard InChI is InChI=1S/C16H16N6O2/c23-16(21-9-4-7-14(21)13-8-10-24-20-13)18-15-11-17-22(19-15)12-5-2-1-3-6-12/h1-3,5-6,8,10-11,14H,4,7,9H2,(H,18,19,23)/t14-/m1/s1. The quantitative estimate of drug-likeness (QED) is 0.800. The topological polar surface area (TPSA) is 89.1 Å². The van der Waals surface area contributed by atoms with E-state index < -0.39 is 0 Å². The number of hydrogen-bond donors (Lipinski definition) is 1. The van der Waals surface area contributed by atoms with Gasteiger partial charge in [-0.1, -0.05) is 23.4 Å². The predicted octanol–water partition coefficient (Wildman–Crippen LogP) is 2.62. The lowest BCUT2D eigenvalue weighted by atomic mass is 10.1. The number of hydrogen-bond acceptors (Lipinski definition) is 5. The van der Waals surface area contributed by atoms with E-state index in [0.717, 1.165) is 24.2 Å². The second kappa shape index (κ2) is 6.15. The molecule has 0 unspecified atom stereocenters. The first-order valence-electron chi connectivity index (χ1n) is 7.77. The predicted molar refractivity (Wildman–Crippen MR) is 85.6 cm³/mol. The maximum absolute atomic E-state index is 12.5. The Labute approximate surface area is 138 Å². The molecule has 1 saturated heterocycles. The molecule has 1 aromatic carbocycles. The Morgan fingerprint density at radius 1 is 1.25 bits per heavy atom. The van der Waals surface area contributed by atoms with Crippen LogP contribution in [0.4, 0.5) is 10.6 Å². The fourth-order valence-corrected chi connectivity index (χ4v) is 2.90. The molecule has 1 aliphatic heterocycles. The molecule has 0 radical (unpaired) electrons. The van der Waals surface area contributed by atoms with Crippen molar-refractivity contribution in [2.75, 3.05) is 11.9 Å². The zero-order valence-electron chi connectivity index (χ0n) is 12.9. The molecule has 0 spiro atoms. The fourth-order valence-electron chi connectivity index (χ4n) is 2.90. The number of amides is 2. The number of urea groups is 1. The number of anilines is 1. The molecule has 8 heteroatoms. The van der Waals surface area contributed by atoms with E-state index in [0.29, 0.717) is 12.4 Å². The third kappa shape index (κ3) is 2.73. The molecule has 2 aromatic heterocycles. The first-order chi connectivity index (χ1) is 11.8. The van der Waals surface area contributed by atoms with Gasteiger partial charge in [-0.2, -0.15) is 5.10 Å². The van der Waals surface area contributed by atoms with Crippen LogP contribution in [0.25, 0.3) is 5.69 Å². The van der Waals surface area contributed by atoms with Crippen LogP contribution in [-0.4, -0.2) is 37.6 Å². The van der Waals surface area contributed by atoms with Gasteiger partial charge in [-0.15, -0.1) is 9.90 Å². The highest BCUT2D eigenvalue weighted by molar-refractivity contribution is 5.88. The summed E-state index contributed by atoms with van der Waals surface area (Å²) in [5.41, 5.74) is 1.61. The molecule has 0 bridgehead atoms. The normalized spacial score (nSPS) is 17.2. The number of rotatable bonds is 3. The van der Waals surface area contributed by atoms with E-state index in [1.54, 1.807) is 11.0 Å². The molecular formula is C16H16N6O2. The molecule has 1 aliphatic rings. The van der Waals surface area contributed by atoms with Crippen LogP contribution in [-0.2, 0) is 0 Å². The number of nitrogens with zero attached hydrogens (tertiary/aromatic N) is 5. The molecule has 1 N–H and O–H groups in total. The summed E-state index contributed by atoms with van der Waals surface area (Å²) >= 11 is 0. The maximum atomic E-state index is 12.5. The van der Waals surface area contributed by atoms with Crippen LogP contribution in [0.1, 0.15) is 24.6 Å². The van der Waals surface area contributed by atoms with Crippen molar-refractivity contribution >= 4 is 11.8 Å². The molecule has 3 aromatic rings. The van der Waals surface area contributed by atoms with Crippen molar-refractivity contribution in [3.8, 4) is 5.69 Å². The smallest absolute Gasteiger partial charge is 0.323 e. The fraction of sp³-hybridized carbons (Fsp3) is 0.250.